The zero-order valence-electron chi connectivity index (χ0n) is 21.6. The van der Waals surface area contributed by atoms with Crippen molar-refractivity contribution in [3.05, 3.63) is 114 Å². The fourth-order valence-corrected chi connectivity index (χ4v) is 4.55. The molecule has 0 aromatic heterocycles. The topological polar surface area (TPSA) is 90.9 Å². The summed E-state index contributed by atoms with van der Waals surface area (Å²) in [6, 6.07) is 25.3. The highest BCUT2D eigenvalue weighted by Crippen LogP contribution is 2.32. The number of hydrogen-bond donors (Lipinski definition) is 2. The SMILES string of the molecule is CC(=O)N[C@@H](Cc1ccccc1)C(=O)N(C)[C@@H](Cc1ccccc1)C(=O)N/C=C/C1C=Nc2ccccc21. The molecule has 1 aliphatic heterocycles. The Hall–Kier alpha value is -4.52. The van der Waals surface area contributed by atoms with Gasteiger partial charge in [0.25, 0.3) is 0 Å². The zero-order chi connectivity index (χ0) is 26.9. The Balaban J connectivity index is 1.51. The number of fused-ring (bicyclic) bond motifs is 1. The quantitative estimate of drug-likeness (QED) is 0.435. The van der Waals surface area contributed by atoms with Crippen LogP contribution >= 0.6 is 0 Å². The Labute approximate surface area is 223 Å². The van der Waals surface area contributed by atoms with E-state index in [2.05, 4.69) is 15.6 Å². The van der Waals surface area contributed by atoms with Gasteiger partial charge < -0.3 is 15.5 Å². The molecular formula is C31H32N4O3. The fraction of sp³-hybridized carbons (Fsp3) is 0.226. The molecule has 0 radical (unpaired) electrons. The van der Waals surface area contributed by atoms with Gasteiger partial charge in [-0.25, -0.2) is 0 Å². The number of benzene rings is 3. The molecular weight excluding hydrogens is 476 g/mol. The van der Waals surface area contributed by atoms with E-state index in [4.69, 9.17) is 0 Å². The summed E-state index contributed by atoms with van der Waals surface area (Å²) in [4.78, 5) is 44.9. The number of amides is 3. The molecule has 0 saturated heterocycles. The number of carbonyl (C=O) groups is 3. The van der Waals surface area contributed by atoms with E-state index >= 15 is 0 Å². The normalized spacial score (nSPS) is 15.5. The van der Waals surface area contributed by atoms with Crippen molar-refractivity contribution in [1.29, 1.82) is 0 Å². The van der Waals surface area contributed by atoms with Crippen molar-refractivity contribution in [2.24, 2.45) is 4.99 Å². The standard InChI is InChI=1S/C31H32N4O3/c1-22(36)34-28(19-23-11-5-3-6-12-23)31(38)35(2)29(20-24-13-7-4-8-14-24)30(37)32-18-17-25-21-33-27-16-10-9-15-26(25)27/h3-18,21,25,28-29H,19-20H2,1-2H3,(H,32,37)(H,34,36)/b18-17+/t25?,28-,29-/m0/s1. The van der Waals surface area contributed by atoms with Crippen LogP contribution in [-0.4, -0.2) is 48.0 Å². The minimum atomic E-state index is -0.798. The van der Waals surface area contributed by atoms with E-state index in [1.54, 1.807) is 13.2 Å². The number of rotatable bonds is 10. The van der Waals surface area contributed by atoms with Crippen molar-refractivity contribution in [2.75, 3.05) is 7.05 Å². The largest absolute Gasteiger partial charge is 0.344 e. The van der Waals surface area contributed by atoms with Crippen LogP contribution in [0.5, 0.6) is 0 Å². The molecule has 0 fully saturated rings. The second-order valence-corrected chi connectivity index (χ2v) is 9.33. The summed E-state index contributed by atoms with van der Waals surface area (Å²) in [5, 5.41) is 5.63. The van der Waals surface area contributed by atoms with Crippen LogP contribution in [0.4, 0.5) is 5.69 Å². The number of carbonyl (C=O) groups excluding carboxylic acids is 3. The van der Waals surface area contributed by atoms with Crippen LogP contribution in [-0.2, 0) is 27.2 Å². The molecule has 0 bridgehead atoms. The van der Waals surface area contributed by atoms with E-state index in [0.29, 0.717) is 12.8 Å². The monoisotopic (exact) mass is 508 g/mol. The first-order valence-electron chi connectivity index (χ1n) is 12.6. The minimum Gasteiger partial charge on any atom is -0.344 e. The highest BCUT2D eigenvalue weighted by Gasteiger charge is 2.32. The van der Waals surface area contributed by atoms with Crippen molar-refractivity contribution in [2.45, 2.75) is 37.8 Å². The van der Waals surface area contributed by atoms with Crippen molar-refractivity contribution in [1.82, 2.24) is 15.5 Å². The second-order valence-electron chi connectivity index (χ2n) is 9.33. The highest BCUT2D eigenvalue weighted by atomic mass is 16.2. The van der Waals surface area contributed by atoms with Gasteiger partial charge in [-0.2, -0.15) is 0 Å². The summed E-state index contributed by atoms with van der Waals surface area (Å²) in [6.45, 7) is 1.38. The predicted octanol–water partition coefficient (Wildman–Crippen LogP) is 3.93. The molecule has 2 N–H and O–H groups in total. The molecule has 38 heavy (non-hydrogen) atoms. The number of para-hydroxylation sites is 1. The predicted molar refractivity (Wildman–Crippen MR) is 149 cm³/mol. The molecule has 194 valence electrons. The van der Waals surface area contributed by atoms with Gasteiger partial charge in [0.15, 0.2) is 0 Å². The summed E-state index contributed by atoms with van der Waals surface area (Å²) in [7, 11) is 1.61. The van der Waals surface area contributed by atoms with Crippen molar-refractivity contribution >= 4 is 29.6 Å². The summed E-state index contributed by atoms with van der Waals surface area (Å²) < 4.78 is 0. The van der Waals surface area contributed by atoms with Gasteiger partial charge in [-0.1, -0.05) is 84.9 Å². The number of aliphatic imine (C=N–C) groups is 1. The van der Waals surface area contributed by atoms with E-state index in [1.807, 2.05) is 97.2 Å². The molecule has 0 spiro atoms. The average Bonchev–Trinajstić information content (AvgIpc) is 3.34. The Morgan fingerprint density at radius 1 is 0.895 bits per heavy atom. The Bertz CT molecular complexity index is 1320. The van der Waals surface area contributed by atoms with Crippen LogP contribution < -0.4 is 10.6 Å². The highest BCUT2D eigenvalue weighted by molar-refractivity contribution is 5.92. The molecule has 1 aliphatic rings. The van der Waals surface area contributed by atoms with Crippen LogP contribution in [0.25, 0.3) is 0 Å². The van der Waals surface area contributed by atoms with Gasteiger partial charge in [0.1, 0.15) is 12.1 Å². The molecule has 0 saturated carbocycles. The summed E-state index contributed by atoms with van der Waals surface area (Å²) in [6.07, 6.45) is 5.99. The first-order valence-corrected chi connectivity index (χ1v) is 12.6. The molecule has 3 aromatic rings. The molecule has 3 amide bonds. The lowest BCUT2D eigenvalue weighted by molar-refractivity contribution is -0.141. The maximum Gasteiger partial charge on any atom is 0.247 e. The van der Waals surface area contributed by atoms with Crippen molar-refractivity contribution in [3.63, 3.8) is 0 Å². The van der Waals surface area contributed by atoms with Crippen molar-refractivity contribution < 1.29 is 14.4 Å². The van der Waals surface area contributed by atoms with Crippen LogP contribution in [0.3, 0.4) is 0 Å². The van der Waals surface area contributed by atoms with Gasteiger partial charge >= 0.3 is 0 Å². The van der Waals surface area contributed by atoms with Gasteiger partial charge in [0, 0.05) is 45.1 Å². The van der Waals surface area contributed by atoms with Gasteiger partial charge in [-0.3, -0.25) is 19.4 Å². The molecule has 3 aromatic carbocycles. The van der Waals surface area contributed by atoms with Crippen LogP contribution in [0, 0.1) is 0 Å². The third kappa shape index (κ3) is 6.82. The van der Waals surface area contributed by atoms with E-state index in [9.17, 15) is 14.4 Å². The first-order chi connectivity index (χ1) is 18.4. The Kier molecular flexibility index (Phi) is 8.82. The lowest BCUT2D eigenvalue weighted by Crippen LogP contribution is -2.55. The number of likely N-dealkylation sites (N-methyl/N-ethyl adjacent to an activating group) is 1. The van der Waals surface area contributed by atoms with Gasteiger partial charge in [0.05, 0.1) is 5.69 Å². The minimum absolute atomic E-state index is 0.0338. The average molecular weight is 509 g/mol. The van der Waals surface area contributed by atoms with Crippen LogP contribution in [0.1, 0.15) is 29.5 Å². The number of allylic oxidation sites excluding steroid dienone is 1. The molecule has 4 rings (SSSR count). The van der Waals surface area contributed by atoms with Gasteiger partial charge in [-0.15, -0.1) is 0 Å². The molecule has 7 nitrogen and oxygen atoms in total. The van der Waals surface area contributed by atoms with E-state index in [1.165, 1.54) is 11.8 Å². The van der Waals surface area contributed by atoms with Crippen LogP contribution in [0.15, 0.2) is 102 Å². The molecule has 3 atom stereocenters. The molecule has 7 heteroatoms. The lowest BCUT2D eigenvalue weighted by atomic mass is 10.0. The van der Waals surface area contributed by atoms with E-state index in [-0.39, 0.29) is 23.6 Å². The zero-order valence-corrected chi connectivity index (χ0v) is 21.6. The number of hydrogen-bond acceptors (Lipinski definition) is 4. The van der Waals surface area contributed by atoms with Crippen LogP contribution in [0.2, 0.25) is 0 Å². The third-order valence-electron chi connectivity index (χ3n) is 6.55. The third-order valence-corrected chi connectivity index (χ3v) is 6.55. The second kappa shape index (κ2) is 12.6. The summed E-state index contributed by atoms with van der Waals surface area (Å²) in [5.41, 5.74) is 3.83. The maximum atomic E-state index is 13.6. The summed E-state index contributed by atoms with van der Waals surface area (Å²) in [5.74, 6) is -0.988. The smallest absolute Gasteiger partial charge is 0.247 e. The molecule has 1 heterocycles. The van der Waals surface area contributed by atoms with Gasteiger partial charge in [0.2, 0.25) is 17.7 Å². The fourth-order valence-electron chi connectivity index (χ4n) is 4.55. The number of nitrogens with zero attached hydrogens (tertiary/aromatic N) is 2. The van der Waals surface area contributed by atoms with Gasteiger partial charge in [-0.05, 0) is 22.8 Å². The number of nitrogens with one attached hydrogen (secondary N) is 2. The first kappa shape index (κ1) is 26.5. The van der Waals surface area contributed by atoms with Crippen molar-refractivity contribution in [3.8, 4) is 0 Å². The van der Waals surface area contributed by atoms with E-state index in [0.717, 1.165) is 22.4 Å². The molecule has 1 unspecified atom stereocenters. The Morgan fingerprint density at radius 3 is 2.16 bits per heavy atom. The van der Waals surface area contributed by atoms with E-state index < -0.39 is 12.1 Å². The maximum absolute atomic E-state index is 13.6. The lowest BCUT2D eigenvalue weighted by Gasteiger charge is -2.30. The molecule has 0 aliphatic carbocycles. The Morgan fingerprint density at radius 2 is 1.50 bits per heavy atom. The summed E-state index contributed by atoms with van der Waals surface area (Å²) >= 11 is 0.